The van der Waals surface area contributed by atoms with Gasteiger partial charge in [-0.1, -0.05) is 30.3 Å². The third-order valence-electron chi connectivity index (χ3n) is 3.20. The summed E-state index contributed by atoms with van der Waals surface area (Å²) in [5.74, 6) is 0.385. The lowest BCUT2D eigenvalue weighted by molar-refractivity contribution is -0.123. The minimum atomic E-state index is -0.336. The van der Waals surface area contributed by atoms with E-state index in [1.807, 2.05) is 38.1 Å². The number of benzene rings is 2. The Morgan fingerprint density at radius 1 is 1.22 bits per heavy atom. The van der Waals surface area contributed by atoms with Gasteiger partial charge in [-0.05, 0) is 42.7 Å². The molecule has 0 radical (unpaired) electrons. The van der Waals surface area contributed by atoms with Crippen molar-refractivity contribution in [2.24, 2.45) is 5.10 Å². The van der Waals surface area contributed by atoms with Crippen LogP contribution in [0, 0.1) is 25.2 Å². The first-order valence-corrected chi connectivity index (χ1v) is 7.11. The summed E-state index contributed by atoms with van der Waals surface area (Å²) in [5, 5.41) is 12.6. The molecule has 0 aliphatic rings. The summed E-state index contributed by atoms with van der Waals surface area (Å²) in [4.78, 5) is 11.7. The van der Waals surface area contributed by atoms with Gasteiger partial charge in [-0.15, -0.1) is 0 Å². The highest BCUT2D eigenvalue weighted by molar-refractivity contribution is 5.83. The third kappa shape index (κ3) is 4.68. The molecule has 0 fully saturated rings. The lowest BCUT2D eigenvalue weighted by Crippen LogP contribution is -2.25. The predicted molar refractivity (Wildman–Crippen MR) is 88.3 cm³/mol. The Hall–Kier alpha value is -3.13. The number of hydrazone groups is 1. The molecule has 2 aromatic carbocycles. The minimum absolute atomic E-state index is 0.101. The number of hydrogen-bond donors (Lipinski definition) is 1. The highest BCUT2D eigenvalue weighted by Crippen LogP contribution is 2.21. The van der Waals surface area contributed by atoms with Gasteiger partial charge in [0, 0.05) is 0 Å². The van der Waals surface area contributed by atoms with Gasteiger partial charge in [0.15, 0.2) is 6.61 Å². The average molecular weight is 307 g/mol. The van der Waals surface area contributed by atoms with Crippen LogP contribution in [0.3, 0.4) is 0 Å². The number of carbonyl (C=O) groups is 1. The van der Waals surface area contributed by atoms with E-state index < -0.39 is 0 Å². The average Bonchev–Trinajstić information content (AvgIpc) is 2.55. The lowest BCUT2D eigenvalue weighted by Gasteiger charge is -2.10. The van der Waals surface area contributed by atoms with Crippen LogP contribution in [0.25, 0.3) is 0 Å². The Morgan fingerprint density at radius 2 is 1.87 bits per heavy atom. The number of nitrogens with one attached hydrogen (secondary N) is 1. The molecule has 0 spiro atoms. The monoisotopic (exact) mass is 307 g/mol. The van der Waals surface area contributed by atoms with E-state index in [0.29, 0.717) is 5.56 Å². The number of nitriles is 1. The second-order valence-corrected chi connectivity index (χ2v) is 5.04. The summed E-state index contributed by atoms with van der Waals surface area (Å²) in [6, 6.07) is 14.7. The molecular formula is C18H17N3O2. The number of aryl methyl sites for hydroxylation is 2. The fourth-order valence-electron chi connectivity index (χ4n) is 2.02. The molecule has 116 valence electrons. The summed E-state index contributed by atoms with van der Waals surface area (Å²) in [7, 11) is 0. The van der Waals surface area contributed by atoms with Crippen molar-refractivity contribution in [2.45, 2.75) is 13.8 Å². The minimum Gasteiger partial charge on any atom is -0.483 e. The molecule has 0 unspecified atom stereocenters. The van der Waals surface area contributed by atoms with E-state index in [1.165, 1.54) is 6.21 Å². The van der Waals surface area contributed by atoms with E-state index in [1.54, 1.807) is 24.3 Å². The van der Waals surface area contributed by atoms with Crippen molar-refractivity contribution in [2.75, 3.05) is 6.61 Å². The first kappa shape index (κ1) is 16.2. The van der Waals surface area contributed by atoms with Crippen LogP contribution >= 0.6 is 0 Å². The Morgan fingerprint density at radius 3 is 2.48 bits per heavy atom. The van der Waals surface area contributed by atoms with Crippen molar-refractivity contribution in [1.82, 2.24) is 5.43 Å². The van der Waals surface area contributed by atoms with Gasteiger partial charge in [0.05, 0.1) is 17.8 Å². The molecule has 1 amide bonds. The van der Waals surface area contributed by atoms with Gasteiger partial charge in [0.1, 0.15) is 5.75 Å². The zero-order valence-electron chi connectivity index (χ0n) is 13.0. The quantitative estimate of drug-likeness (QED) is 0.681. The summed E-state index contributed by atoms with van der Waals surface area (Å²) in [6.07, 6.45) is 1.51. The van der Waals surface area contributed by atoms with E-state index >= 15 is 0 Å². The van der Waals surface area contributed by atoms with Crippen LogP contribution in [-0.4, -0.2) is 18.7 Å². The van der Waals surface area contributed by atoms with E-state index in [4.69, 9.17) is 10.00 Å². The molecule has 0 aliphatic heterocycles. The van der Waals surface area contributed by atoms with Gasteiger partial charge >= 0.3 is 0 Å². The van der Waals surface area contributed by atoms with Crippen molar-refractivity contribution in [3.8, 4) is 11.8 Å². The second kappa shape index (κ2) is 7.76. The number of ether oxygens (including phenoxy) is 1. The van der Waals surface area contributed by atoms with Gasteiger partial charge in [-0.25, -0.2) is 5.43 Å². The lowest BCUT2D eigenvalue weighted by atomic mass is 10.1. The van der Waals surface area contributed by atoms with Gasteiger partial charge in [-0.3, -0.25) is 4.79 Å². The third-order valence-corrected chi connectivity index (χ3v) is 3.20. The number of para-hydroxylation sites is 1. The van der Waals surface area contributed by atoms with E-state index in [-0.39, 0.29) is 12.5 Å². The first-order chi connectivity index (χ1) is 11.1. The van der Waals surface area contributed by atoms with Crippen LogP contribution in [0.15, 0.2) is 47.6 Å². The topological polar surface area (TPSA) is 74.5 Å². The summed E-state index contributed by atoms with van der Waals surface area (Å²) in [6.45, 7) is 3.77. The maximum absolute atomic E-state index is 11.7. The van der Waals surface area contributed by atoms with Gasteiger partial charge in [0.25, 0.3) is 5.91 Å². The fourth-order valence-corrected chi connectivity index (χ4v) is 2.02. The molecule has 5 heteroatoms. The molecule has 1 N–H and O–H groups in total. The summed E-state index contributed by atoms with van der Waals surface area (Å²) in [5.41, 5.74) is 5.75. The Labute approximate surface area is 135 Å². The standard InChI is InChI=1S/C18H17N3O2/c1-13-4-3-5-14(2)18(13)23-12-17(22)21-20-11-16-8-6-15(10-19)7-9-16/h3-9,11H,12H2,1-2H3,(H,21,22)/b20-11+. The van der Waals surface area contributed by atoms with E-state index in [0.717, 1.165) is 22.4 Å². The molecule has 0 aliphatic carbocycles. The molecule has 2 aromatic rings. The molecule has 5 nitrogen and oxygen atoms in total. The molecule has 0 saturated carbocycles. The van der Waals surface area contributed by atoms with E-state index in [9.17, 15) is 4.79 Å². The zero-order chi connectivity index (χ0) is 16.7. The van der Waals surface area contributed by atoms with Crippen LogP contribution in [0.1, 0.15) is 22.3 Å². The van der Waals surface area contributed by atoms with Gasteiger partial charge in [0.2, 0.25) is 0 Å². The molecule has 0 atom stereocenters. The molecule has 23 heavy (non-hydrogen) atoms. The fraction of sp³-hybridized carbons (Fsp3) is 0.167. The maximum atomic E-state index is 11.7. The molecule has 0 bridgehead atoms. The van der Waals surface area contributed by atoms with Crippen LogP contribution in [-0.2, 0) is 4.79 Å². The molecular weight excluding hydrogens is 290 g/mol. The number of carbonyl (C=O) groups excluding carboxylic acids is 1. The van der Waals surface area contributed by atoms with Crippen LogP contribution in [0.2, 0.25) is 0 Å². The molecule has 0 aromatic heterocycles. The Bertz CT molecular complexity index is 739. The predicted octanol–water partition coefficient (Wildman–Crippen LogP) is 2.70. The first-order valence-electron chi connectivity index (χ1n) is 7.11. The van der Waals surface area contributed by atoms with Crippen molar-refractivity contribution >= 4 is 12.1 Å². The Kier molecular flexibility index (Phi) is 5.48. The highest BCUT2D eigenvalue weighted by atomic mass is 16.5. The molecule has 0 heterocycles. The molecule has 0 saturated heterocycles. The van der Waals surface area contributed by atoms with Crippen LogP contribution in [0.5, 0.6) is 5.75 Å². The van der Waals surface area contributed by atoms with Crippen molar-refractivity contribution in [1.29, 1.82) is 5.26 Å². The smallest absolute Gasteiger partial charge is 0.277 e. The second-order valence-electron chi connectivity index (χ2n) is 5.04. The van der Waals surface area contributed by atoms with Crippen molar-refractivity contribution in [3.63, 3.8) is 0 Å². The van der Waals surface area contributed by atoms with Crippen LogP contribution < -0.4 is 10.2 Å². The zero-order valence-corrected chi connectivity index (χ0v) is 13.0. The largest absolute Gasteiger partial charge is 0.483 e. The van der Waals surface area contributed by atoms with E-state index in [2.05, 4.69) is 10.5 Å². The van der Waals surface area contributed by atoms with Crippen molar-refractivity contribution in [3.05, 3.63) is 64.7 Å². The van der Waals surface area contributed by atoms with Gasteiger partial charge in [-0.2, -0.15) is 10.4 Å². The maximum Gasteiger partial charge on any atom is 0.277 e. The Balaban J connectivity index is 1.85. The summed E-state index contributed by atoms with van der Waals surface area (Å²) < 4.78 is 5.54. The normalized spacial score (nSPS) is 10.3. The summed E-state index contributed by atoms with van der Waals surface area (Å²) >= 11 is 0. The van der Waals surface area contributed by atoms with Crippen LogP contribution in [0.4, 0.5) is 0 Å². The number of rotatable bonds is 5. The molecule has 2 rings (SSSR count). The SMILES string of the molecule is Cc1cccc(C)c1OCC(=O)N/N=C/c1ccc(C#N)cc1. The van der Waals surface area contributed by atoms with Crippen molar-refractivity contribution < 1.29 is 9.53 Å². The number of nitrogens with zero attached hydrogens (tertiary/aromatic N) is 2. The number of hydrogen-bond acceptors (Lipinski definition) is 4. The number of amides is 1. The van der Waals surface area contributed by atoms with Gasteiger partial charge < -0.3 is 4.74 Å². The highest BCUT2D eigenvalue weighted by Gasteiger charge is 2.06.